The van der Waals surface area contributed by atoms with Crippen LogP contribution in [0.4, 0.5) is 0 Å². The minimum absolute atomic E-state index is 0.00638. The summed E-state index contributed by atoms with van der Waals surface area (Å²) in [5.41, 5.74) is 0.682. The molecule has 1 aromatic rings. The normalized spacial score (nSPS) is 38.1. The Balaban J connectivity index is 1.92. The Morgan fingerprint density at radius 2 is 2.00 bits per heavy atom. The van der Waals surface area contributed by atoms with E-state index in [1.165, 1.54) is 12.8 Å². The lowest BCUT2D eigenvalue weighted by Gasteiger charge is -2.50. The largest absolute Gasteiger partial charge is 0.388 e. The molecule has 1 aromatic heterocycles. The average molecular weight is 308 g/mol. The molecular weight excluding hydrogens is 278 g/mol. The Bertz CT molecular complexity index is 549. The molecule has 0 saturated heterocycles. The molecule has 0 amide bonds. The first-order valence-electron chi connectivity index (χ1n) is 8.17. The zero-order valence-electron chi connectivity index (χ0n) is 14.3. The maximum atomic E-state index is 11.6. The fourth-order valence-electron chi connectivity index (χ4n) is 4.74. The van der Waals surface area contributed by atoms with Crippen LogP contribution in [0, 0.1) is 16.7 Å². The average Bonchev–Trinajstić information content (AvgIpc) is 2.97. The molecule has 2 saturated carbocycles. The molecule has 1 heterocycles. The fourth-order valence-corrected chi connectivity index (χ4v) is 5.84. The molecule has 2 aliphatic rings. The van der Waals surface area contributed by atoms with E-state index in [0.29, 0.717) is 12.3 Å². The van der Waals surface area contributed by atoms with Crippen molar-refractivity contribution in [1.29, 1.82) is 0 Å². The van der Waals surface area contributed by atoms with Crippen molar-refractivity contribution in [2.45, 2.75) is 78.2 Å². The summed E-state index contributed by atoms with van der Waals surface area (Å²) in [5.74, 6) is 0.662. The van der Waals surface area contributed by atoms with Crippen LogP contribution in [0.2, 0.25) is 0 Å². The first kappa shape index (κ1) is 15.5. The minimum Gasteiger partial charge on any atom is -0.388 e. The second-order valence-electron chi connectivity index (χ2n) is 9.14. The van der Waals surface area contributed by atoms with E-state index in [1.54, 1.807) is 11.3 Å². The van der Waals surface area contributed by atoms with Crippen molar-refractivity contribution < 1.29 is 5.11 Å². The quantitative estimate of drug-likeness (QED) is 0.869. The molecule has 2 nitrogen and oxygen atoms in total. The molecule has 3 rings (SSSR count). The molecule has 21 heavy (non-hydrogen) atoms. The van der Waals surface area contributed by atoms with E-state index in [1.807, 2.05) is 0 Å². The highest BCUT2D eigenvalue weighted by molar-refractivity contribution is 7.09. The molecule has 2 bridgehead atoms. The van der Waals surface area contributed by atoms with Crippen molar-refractivity contribution >= 4 is 11.3 Å². The minimum atomic E-state index is -0.615. The van der Waals surface area contributed by atoms with Gasteiger partial charge in [-0.15, -0.1) is 11.3 Å². The van der Waals surface area contributed by atoms with Gasteiger partial charge in [0.05, 0.1) is 16.3 Å². The molecule has 118 valence electrons. The summed E-state index contributed by atoms with van der Waals surface area (Å²) in [6.45, 7) is 13.4. The predicted molar refractivity (Wildman–Crippen MR) is 88.7 cm³/mol. The molecule has 1 N–H and O–H groups in total. The Morgan fingerprint density at radius 1 is 1.33 bits per heavy atom. The third-order valence-electron chi connectivity index (χ3n) is 6.55. The lowest BCUT2D eigenvalue weighted by molar-refractivity contribution is -0.141. The van der Waals surface area contributed by atoms with Gasteiger partial charge in [0.25, 0.3) is 0 Å². The van der Waals surface area contributed by atoms with Crippen LogP contribution in [0.3, 0.4) is 0 Å². The monoisotopic (exact) mass is 307 g/mol. The van der Waals surface area contributed by atoms with Gasteiger partial charge in [-0.3, -0.25) is 0 Å². The van der Waals surface area contributed by atoms with Crippen LogP contribution in [0.5, 0.6) is 0 Å². The number of hydrogen-bond donors (Lipinski definition) is 1. The standard InChI is InChI=1S/C18H29NOS/c1-15(2,3)13-11-21-14(19-13)10-18(20)16(4,5)12-7-8-17(18,6)9-12/h11-12,20H,7-10H2,1-6H3. The van der Waals surface area contributed by atoms with Crippen molar-refractivity contribution in [3.8, 4) is 0 Å². The fraction of sp³-hybridized carbons (Fsp3) is 0.833. The summed E-state index contributed by atoms with van der Waals surface area (Å²) in [6.07, 6.45) is 4.33. The molecular formula is C18H29NOS. The second-order valence-corrected chi connectivity index (χ2v) is 10.1. The highest BCUT2D eigenvalue weighted by atomic mass is 32.1. The van der Waals surface area contributed by atoms with Crippen molar-refractivity contribution in [3.63, 3.8) is 0 Å². The molecule has 0 aromatic carbocycles. The number of hydrogen-bond acceptors (Lipinski definition) is 3. The van der Waals surface area contributed by atoms with E-state index in [2.05, 4.69) is 46.9 Å². The van der Waals surface area contributed by atoms with E-state index in [9.17, 15) is 5.11 Å². The topological polar surface area (TPSA) is 33.1 Å². The number of rotatable bonds is 2. The summed E-state index contributed by atoms with van der Waals surface area (Å²) >= 11 is 1.72. The van der Waals surface area contributed by atoms with E-state index >= 15 is 0 Å². The van der Waals surface area contributed by atoms with Crippen molar-refractivity contribution in [2.24, 2.45) is 16.7 Å². The Labute approximate surface area is 133 Å². The van der Waals surface area contributed by atoms with E-state index in [-0.39, 0.29) is 16.2 Å². The highest BCUT2D eigenvalue weighted by Gasteiger charge is 2.68. The molecule has 3 unspecified atom stereocenters. The zero-order valence-corrected chi connectivity index (χ0v) is 15.1. The number of aromatic nitrogens is 1. The van der Waals surface area contributed by atoms with Gasteiger partial charge in [-0.25, -0.2) is 4.98 Å². The van der Waals surface area contributed by atoms with E-state index in [4.69, 9.17) is 4.98 Å². The highest BCUT2D eigenvalue weighted by Crippen LogP contribution is 2.68. The third kappa shape index (κ3) is 2.03. The van der Waals surface area contributed by atoms with Gasteiger partial charge < -0.3 is 5.11 Å². The first-order valence-corrected chi connectivity index (χ1v) is 9.05. The summed E-state index contributed by atoms with van der Waals surface area (Å²) in [5, 5.41) is 14.9. The molecule has 0 aliphatic heterocycles. The summed E-state index contributed by atoms with van der Waals surface area (Å²) < 4.78 is 0. The molecule has 2 aliphatic carbocycles. The van der Waals surface area contributed by atoms with Gasteiger partial charge in [0.1, 0.15) is 0 Å². The van der Waals surface area contributed by atoms with Crippen LogP contribution in [0.25, 0.3) is 0 Å². The van der Waals surface area contributed by atoms with Crippen LogP contribution in [0.1, 0.15) is 71.5 Å². The van der Waals surface area contributed by atoms with Crippen LogP contribution in [-0.4, -0.2) is 15.7 Å². The van der Waals surface area contributed by atoms with E-state index in [0.717, 1.165) is 17.1 Å². The number of thiazole rings is 1. The molecule has 3 heteroatoms. The first-order chi connectivity index (χ1) is 9.50. The second kappa shape index (κ2) is 4.32. The Kier molecular flexibility index (Phi) is 3.18. The molecule has 3 atom stereocenters. The van der Waals surface area contributed by atoms with Gasteiger partial charge >= 0.3 is 0 Å². The maximum Gasteiger partial charge on any atom is 0.0957 e. The number of nitrogens with zero attached hydrogens (tertiary/aromatic N) is 1. The van der Waals surface area contributed by atoms with Gasteiger partial charge in [0.2, 0.25) is 0 Å². The van der Waals surface area contributed by atoms with Gasteiger partial charge in [-0.1, -0.05) is 41.5 Å². The Morgan fingerprint density at radius 3 is 2.48 bits per heavy atom. The predicted octanol–water partition coefficient (Wildman–Crippen LogP) is 4.56. The smallest absolute Gasteiger partial charge is 0.0957 e. The summed E-state index contributed by atoms with van der Waals surface area (Å²) in [7, 11) is 0. The van der Waals surface area contributed by atoms with Gasteiger partial charge in [0.15, 0.2) is 0 Å². The van der Waals surface area contributed by atoms with Gasteiger partial charge in [0, 0.05) is 17.2 Å². The van der Waals surface area contributed by atoms with Crippen LogP contribution in [0.15, 0.2) is 5.38 Å². The van der Waals surface area contributed by atoms with Gasteiger partial charge in [-0.05, 0) is 36.0 Å². The van der Waals surface area contributed by atoms with E-state index < -0.39 is 5.60 Å². The third-order valence-corrected chi connectivity index (χ3v) is 7.40. The number of fused-ring (bicyclic) bond motifs is 2. The lowest BCUT2D eigenvalue weighted by Crippen LogP contribution is -2.55. The van der Waals surface area contributed by atoms with Crippen LogP contribution >= 0.6 is 11.3 Å². The summed E-state index contributed by atoms with van der Waals surface area (Å²) in [6, 6.07) is 0. The SMILES string of the molecule is CC(C)(C)c1csc(CC2(O)C3(C)CCC(C3)C2(C)C)n1. The summed E-state index contributed by atoms with van der Waals surface area (Å²) in [4.78, 5) is 4.83. The molecule has 2 fully saturated rings. The van der Waals surface area contributed by atoms with Crippen molar-refractivity contribution in [1.82, 2.24) is 4.98 Å². The lowest BCUT2D eigenvalue weighted by atomic mass is 9.59. The van der Waals surface area contributed by atoms with Crippen molar-refractivity contribution in [3.05, 3.63) is 16.1 Å². The zero-order chi connectivity index (χ0) is 15.7. The number of aliphatic hydroxyl groups is 1. The molecule has 0 radical (unpaired) electrons. The maximum absolute atomic E-state index is 11.6. The van der Waals surface area contributed by atoms with Gasteiger partial charge in [-0.2, -0.15) is 0 Å². The van der Waals surface area contributed by atoms with Crippen molar-refractivity contribution in [2.75, 3.05) is 0 Å². The van der Waals surface area contributed by atoms with Crippen LogP contribution in [-0.2, 0) is 11.8 Å². The van der Waals surface area contributed by atoms with Crippen LogP contribution < -0.4 is 0 Å². The Hall–Kier alpha value is -0.410. The molecule has 0 spiro atoms.